The average Bonchev–Trinajstić information content (AvgIpc) is 3.22. The van der Waals surface area contributed by atoms with Crippen molar-refractivity contribution in [3.05, 3.63) is 90.5 Å². The van der Waals surface area contributed by atoms with Gasteiger partial charge in [-0.15, -0.1) is 0 Å². The Morgan fingerprint density at radius 3 is 2.68 bits per heavy atom. The Hall–Kier alpha value is -3.93. The number of hydrogen-bond acceptors (Lipinski definition) is 5. The number of benzene rings is 2. The van der Waals surface area contributed by atoms with E-state index >= 15 is 0 Å². The number of ether oxygens (including phenoxy) is 1. The fourth-order valence-corrected chi connectivity index (χ4v) is 2.87. The number of nitrogens with one attached hydrogen (secondary N) is 2. The molecule has 0 saturated heterocycles. The van der Waals surface area contributed by atoms with Crippen LogP contribution in [-0.4, -0.2) is 27.8 Å². The van der Waals surface area contributed by atoms with Crippen molar-refractivity contribution in [1.82, 2.24) is 15.0 Å². The quantitative estimate of drug-likeness (QED) is 0.490. The number of rotatable bonds is 6. The van der Waals surface area contributed by atoms with Gasteiger partial charge in [-0.25, -0.2) is 4.98 Å². The molecule has 28 heavy (non-hydrogen) atoms. The molecule has 2 N–H and O–H groups in total. The highest BCUT2D eigenvalue weighted by Crippen LogP contribution is 2.22. The number of hydrogen-bond donors (Lipinski definition) is 2. The molecule has 4 aromatic rings. The minimum absolute atomic E-state index is 0.128. The third kappa shape index (κ3) is 3.76. The highest BCUT2D eigenvalue weighted by Gasteiger charge is 2.13. The topological polar surface area (TPSA) is 79.9 Å². The number of methoxy groups -OCH3 is 1. The normalized spacial score (nSPS) is 10.5. The van der Waals surface area contributed by atoms with E-state index in [0.29, 0.717) is 17.2 Å². The lowest BCUT2D eigenvalue weighted by Crippen LogP contribution is -2.02. The lowest BCUT2D eigenvalue weighted by Gasteiger charge is -2.05. The summed E-state index contributed by atoms with van der Waals surface area (Å²) in [6.45, 7) is 0. The van der Waals surface area contributed by atoms with E-state index in [2.05, 4.69) is 20.3 Å². The fraction of sp³-hybridized carbons (Fsp3) is 0.0455. The number of aromatic amines is 1. The van der Waals surface area contributed by atoms with Crippen LogP contribution in [0.25, 0.3) is 11.1 Å². The number of anilines is 2. The van der Waals surface area contributed by atoms with Crippen LogP contribution >= 0.6 is 0 Å². The predicted octanol–water partition coefficient (Wildman–Crippen LogP) is 4.45. The van der Waals surface area contributed by atoms with E-state index in [-0.39, 0.29) is 5.78 Å². The van der Waals surface area contributed by atoms with E-state index in [1.54, 1.807) is 25.6 Å². The summed E-state index contributed by atoms with van der Waals surface area (Å²) in [5.41, 5.74) is 3.70. The van der Waals surface area contributed by atoms with E-state index in [0.717, 1.165) is 22.6 Å². The fourth-order valence-electron chi connectivity index (χ4n) is 2.87. The molecule has 0 radical (unpaired) electrons. The zero-order chi connectivity index (χ0) is 19.3. The Morgan fingerprint density at radius 1 is 1.00 bits per heavy atom. The summed E-state index contributed by atoms with van der Waals surface area (Å²) in [5.74, 6) is 1.09. The van der Waals surface area contributed by atoms with Gasteiger partial charge in [0, 0.05) is 35.3 Å². The highest BCUT2D eigenvalue weighted by molar-refractivity contribution is 6.08. The lowest BCUT2D eigenvalue weighted by molar-refractivity contribution is 0.103. The highest BCUT2D eigenvalue weighted by atomic mass is 16.5. The van der Waals surface area contributed by atoms with Gasteiger partial charge in [0.1, 0.15) is 11.4 Å². The van der Waals surface area contributed by atoms with E-state index in [9.17, 15) is 4.79 Å². The predicted molar refractivity (Wildman–Crippen MR) is 108 cm³/mol. The first-order valence-corrected chi connectivity index (χ1v) is 8.74. The number of carbonyl (C=O) groups is 1. The molecule has 0 aliphatic heterocycles. The molecular formula is C22H18N4O2. The van der Waals surface area contributed by atoms with Crippen molar-refractivity contribution in [3.63, 3.8) is 0 Å². The van der Waals surface area contributed by atoms with Crippen LogP contribution < -0.4 is 10.1 Å². The van der Waals surface area contributed by atoms with Crippen LogP contribution in [0.4, 0.5) is 11.6 Å². The monoisotopic (exact) mass is 370 g/mol. The van der Waals surface area contributed by atoms with Gasteiger partial charge in [0.25, 0.3) is 0 Å². The number of carbonyl (C=O) groups excluding carboxylic acids is 1. The van der Waals surface area contributed by atoms with E-state index in [1.807, 2.05) is 54.6 Å². The van der Waals surface area contributed by atoms with E-state index < -0.39 is 0 Å². The van der Waals surface area contributed by atoms with Crippen molar-refractivity contribution >= 4 is 17.4 Å². The maximum atomic E-state index is 12.9. The standard InChI is InChI=1S/C22H18N4O2/c1-28-19-9-3-8-18(12-19)25-22-24-14-20(26-22)21(27)16-6-2-5-15(11-16)17-7-4-10-23-13-17/h2-14H,1H3,(H2,24,25,26). The van der Waals surface area contributed by atoms with Crippen LogP contribution in [0.1, 0.15) is 16.1 Å². The Morgan fingerprint density at radius 2 is 1.86 bits per heavy atom. The van der Waals surface area contributed by atoms with Gasteiger partial charge in [-0.05, 0) is 29.8 Å². The zero-order valence-corrected chi connectivity index (χ0v) is 15.2. The first kappa shape index (κ1) is 17.5. The van der Waals surface area contributed by atoms with Crippen LogP contribution in [0.2, 0.25) is 0 Å². The van der Waals surface area contributed by atoms with E-state index in [4.69, 9.17) is 4.74 Å². The van der Waals surface area contributed by atoms with Gasteiger partial charge in [0.05, 0.1) is 13.3 Å². The summed E-state index contributed by atoms with van der Waals surface area (Å²) in [4.78, 5) is 24.3. The molecule has 0 spiro atoms. The van der Waals surface area contributed by atoms with Gasteiger partial charge < -0.3 is 15.0 Å². The van der Waals surface area contributed by atoms with Crippen molar-refractivity contribution in [2.24, 2.45) is 0 Å². The molecule has 6 heteroatoms. The maximum Gasteiger partial charge on any atom is 0.210 e. The number of nitrogens with zero attached hydrogens (tertiary/aromatic N) is 2. The Kier molecular flexibility index (Phi) is 4.84. The second-order valence-electron chi connectivity index (χ2n) is 6.15. The van der Waals surface area contributed by atoms with Gasteiger partial charge in [0.2, 0.25) is 11.7 Å². The minimum Gasteiger partial charge on any atom is -0.497 e. The molecule has 2 heterocycles. The molecule has 0 saturated carbocycles. The van der Waals surface area contributed by atoms with Gasteiger partial charge in [-0.3, -0.25) is 9.78 Å². The molecule has 0 atom stereocenters. The van der Waals surface area contributed by atoms with Gasteiger partial charge in [-0.2, -0.15) is 0 Å². The van der Waals surface area contributed by atoms with Crippen LogP contribution in [0.15, 0.2) is 79.3 Å². The molecular weight excluding hydrogens is 352 g/mol. The molecule has 0 aliphatic carbocycles. The maximum absolute atomic E-state index is 12.9. The van der Waals surface area contributed by atoms with Gasteiger partial charge >= 0.3 is 0 Å². The minimum atomic E-state index is -0.128. The van der Waals surface area contributed by atoms with Crippen molar-refractivity contribution in [1.29, 1.82) is 0 Å². The zero-order valence-electron chi connectivity index (χ0n) is 15.2. The smallest absolute Gasteiger partial charge is 0.210 e. The molecule has 0 aliphatic rings. The van der Waals surface area contributed by atoms with Gasteiger partial charge in [-0.1, -0.05) is 30.3 Å². The molecule has 0 bridgehead atoms. The second-order valence-corrected chi connectivity index (χ2v) is 6.15. The SMILES string of the molecule is COc1cccc(Nc2ncc(C(=O)c3cccc(-c4cccnc4)c3)[nH]2)c1. The van der Waals surface area contributed by atoms with Crippen LogP contribution in [0.3, 0.4) is 0 Å². The summed E-state index contributed by atoms with van der Waals surface area (Å²) >= 11 is 0. The molecule has 2 aromatic carbocycles. The number of aromatic nitrogens is 3. The number of imidazole rings is 1. The first-order valence-electron chi connectivity index (χ1n) is 8.74. The third-order valence-electron chi connectivity index (χ3n) is 4.27. The summed E-state index contributed by atoms with van der Waals surface area (Å²) in [6.07, 6.45) is 5.03. The Labute approximate surface area is 162 Å². The number of pyridine rings is 1. The Bertz CT molecular complexity index is 1110. The summed E-state index contributed by atoms with van der Waals surface area (Å²) in [7, 11) is 1.61. The molecule has 2 aromatic heterocycles. The van der Waals surface area contributed by atoms with Crippen molar-refractivity contribution in [2.45, 2.75) is 0 Å². The molecule has 6 nitrogen and oxygen atoms in total. The molecule has 138 valence electrons. The lowest BCUT2D eigenvalue weighted by atomic mass is 10.0. The second kappa shape index (κ2) is 7.75. The van der Waals surface area contributed by atoms with Crippen molar-refractivity contribution < 1.29 is 9.53 Å². The summed E-state index contributed by atoms with van der Waals surface area (Å²) in [6, 6.07) is 18.8. The largest absolute Gasteiger partial charge is 0.497 e. The van der Waals surface area contributed by atoms with Crippen LogP contribution in [0, 0.1) is 0 Å². The van der Waals surface area contributed by atoms with Crippen molar-refractivity contribution in [2.75, 3.05) is 12.4 Å². The third-order valence-corrected chi connectivity index (χ3v) is 4.27. The number of H-pyrrole nitrogens is 1. The van der Waals surface area contributed by atoms with E-state index in [1.165, 1.54) is 6.20 Å². The van der Waals surface area contributed by atoms with Crippen LogP contribution in [-0.2, 0) is 0 Å². The molecule has 4 rings (SSSR count). The van der Waals surface area contributed by atoms with Crippen LogP contribution in [0.5, 0.6) is 5.75 Å². The first-order chi connectivity index (χ1) is 13.7. The summed E-state index contributed by atoms with van der Waals surface area (Å²) in [5, 5.41) is 3.14. The molecule has 0 fully saturated rings. The summed E-state index contributed by atoms with van der Waals surface area (Å²) < 4.78 is 5.21. The average molecular weight is 370 g/mol. The van der Waals surface area contributed by atoms with Gasteiger partial charge in [0.15, 0.2) is 0 Å². The molecule has 0 amide bonds. The Balaban J connectivity index is 1.55. The molecule has 0 unspecified atom stereocenters. The van der Waals surface area contributed by atoms with Crippen molar-refractivity contribution in [3.8, 4) is 16.9 Å². The number of ketones is 1.